The lowest BCUT2D eigenvalue weighted by Gasteiger charge is -2.29. The number of hydrogen-bond acceptors (Lipinski definition) is 2. The van der Waals surface area contributed by atoms with Crippen LogP contribution in [-0.4, -0.2) is 24.7 Å². The monoisotopic (exact) mass is 275 g/mol. The third-order valence-electron chi connectivity index (χ3n) is 3.78. The molecular formula is C16H25N3O. The predicted molar refractivity (Wildman–Crippen MR) is 82.9 cm³/mol. The molecule has 2 rings (SSSR count). The standard InChI is InChI=1S/C16H25N3O/c1-2-12-17-13-8-10-15(11-9-13)19-16(20)18-14-6-4-3-5-7-14/h3-7,13,15,17H,2,8-12H2,1H3,(H2,18,19,20). The summed E-state index contributed by atoms with van der Waals surface area (Å²) in [5.74, 6) is 0. The van der Waals surface area contributed by atoms with Gasteiger partial charge in [-0.3, -0.25) is 0 Å². The van der Waals surface area contributed by atoms with Crippen LogP contribution in [0.1, 0.15) is 39.0 Å². The number of anilines is 1. The third kappa shape index (κ3) is 4.85. The lowest BCUT2D eigenvalue weighted by Crippen LogP contribution is -2.43. The topological polar surface area (TPSA) is 53.2 Å². The summed E-state index contributed by atoms with van der Waals surface area (Å²) < 4.78 is 0. The zero-order valence-corrected chi connectivity index (χ0v) is 12.2. The summed E-state index contributed by atoms with van der Waals surface area (Å²) in [6, 6.07) is 10.4. The predicted octanol–water partition coefficient (Wildman–Crippen LogP) is 3.12. The Balaban J connectivity index is 1.68. The molecule has 0 aliphatic heterocycles. The first kappa shape index (κ1) is 14.9. The van der Waals surface area contributed by atoms with Gasteiger partial charge in [0.1, 0.15) is 0 Å². The largest absolute Gasteiger partial charge is 0.335 e. The number of hydrogen-bond donors (Lipinski definition) is 3. The lowest BCUT2D eigenvalue weighted by molar-refractivity contribution is 0.240. The van der Waals surface area contributed by atoms with Gasteiger partial charge < -0.3 is 16.0 Å². The molecule has 0 aromatic heterocycles. The highest BCUT2D eigenvalue weighted by molar-refractivity contribution is 5.89. The highest BCUT2D eigenvalue weighted by Gasteiger charge is 2.21. The van der Waals surface area contributed by atoms with Crippen LogP contribution in [-0.2, 0) is 0 Å². The molecule has 1 aliphatic carbocycles. The molecule has 1 aromatic carbocycles. The molecule has 0 heterocycles. The fraction of sp³-hybridized carbons (Fsp3) is 0.562. The molecule has 1 fully saturated rings. The molecule has 1 aliphatic rings. The highest BCUT2D eigenvalue weighted by atomic mass is 16.2. The minimum Gasteiger partial charge on any atom is -0.335 e. The average molecular weight is 275 g/mol. The van der Waals surface area contributed by atoms with Crippen LogP contribution in [0.2, 0.25) is 0 Å². The van der Waals surface area contributed by atoms with Crippen LogP contribution in [0.5, 0.6) is 0 Å². The van der Waals surface area contributed by atoms with E-state index in [2.05, 4.69) is 22.9 Å². The number of carbonyl (C=O) groups is 1. The van der Waals surface area contributed by atoms with Gasteiger partial charge in [0.05, 0.1) is 0 Å². The van der Waals surface area contributed by atoms with Crippen molar-refractivity contribution in [2.24, 2.45) is 0 Å². The van der Waals surface area contributed by atoms with E-state index in [4.69, 9.17) is 0 Å². The van der Waals surface area contributed by atoms with Gasteiger partial charge in [0.25, 0.3) is 0 Å². The molecule has 3 N–H and O–H groups in total. The molecule has 0 bridgehead atoms. The third-order valence-corrected chi connectivity index (χ3v) is 3.78. The van der Waals surface area contributed by atoms with Gasteiger partial charge in [0.2, 0.25) is 0 Å². The Morgan fingerprint density at radius 3 is 2.40 bits per heavy atom. The van der Waals surface area contributed by atoms with Gasteiger partial charge in [-0.25, -0.2) is 4.79 Å². The van der Waals surface area contributed by atoms with Gasteiger partial charge in [-0.2, -0.15) is 0 Å². The number of rotatable bonds is 5. The number of benzene rings is 1. The maximum Gasteiger partial charge on any atom is 0.319 e. The molecule has 0 radical (unpaired) electrons. The Morgan fingerprint density at radius 1 is 1.10 bits per heavy atom. The Labute approximate surface area is 121 Å². The number of urea groups is 1. The smallest absolute Gasteiger partial charge is 0.319 e. The van der Waals surface area contributed by atoms with Crippen molar-refractivity contribution >= 4 is 11.7 Å². The quantitative estimate of drug-likeness (QED) is 0.773. The molecule has 2 amide bonds. The average Bonchev–Trinajstić information content (AvgIpc) is 2.47. The SMILES string of the molecule is CCCNC1CCC(NC(=O)Nc2ccccc2)CC1. The number of para-hydroxylation sites is 1. The van der Waals surface area contributed by atoms with E-state index in [1.54, 1.807) is 0 Å². The van der Waals surface area contributed by atoms with Crippen LogP contribution in [0, 0.1) is 0 Å². The first-order valence-electron chi connectivity index (χ1n) is 7.64. The van der Waals surface area contributed by atoms with Crippen LogP contribution in [0.25, 0.3) is 0 Å². The van der Waals surface area contributed by atoms with Crippen molar-refractivity contribution < 1.29 is 4.79 Å². The molecule has 4 heteroatoms. The van der Waals surface area contributed by atoms with Crippen LogP contribution in [0.4, 0.5) is 10.5 Å². The van der Waals surface area contributed by atoms with Gasteiger partial charge in [0, 0.05) is 17.8 Å². The van der Waals surface area contributed by atoms with E-state index >= 15 is 0 Å². The second kappa shape index (κ2) is 7.90. The summed E-state index contributed by atoms with van der Waals surface area (Å²) >= 11 is 0. The molecule has 1 aromatic rings. The van der Waals surface area contributed by atoms with Gasteiger partial charge in [-0.05, 0) is 50.8 Å². The number of nitrogens with one attached hydrogen (secondary N) is 3. The van der Waals surface area contributed by atoms with E-state index in [0.29, 0.717) is 12.1 Å². The molecule has 4 nitrogen and oxygen atoms in total. The normalized spacial score (nSPS) is 22.2. The first-order valence-corrected chi connectivity index (χ1v) is 7.64. The summed E-state index contributed by atoms with van der Waals surface area (Å²) in [7, 11) is 0. The molecule has 1 saturated carbocycles. The van der Waals surface area contributed by atoms with Crippen molar-refractivity contribution in [3.8, 4) is 0 Å². The molecule has 20 heavy (non-hydrogen) atoms. The maximum atomic E-state index is 11.9. The first-order chi connectivity index (χ1) is 9.78. The van der Waals surface area contributed by atoms with Crippen molar-refractivity contribution in [1.29, 1.82) is 0 Å². The number of amides is 2. The van der Waals surface area contributed by atoms with Crippen molar-refractivity contribution in [3.63, 3.8) is 0 Å². The van der Waals surface area contributed by atoms with E-state index in [0.717, 1.165) is 37.9 Å². The summed E-state index contributed by atoms with van der Waals surface area (Å²) in [6.07, 6.45) is 5.59. The lowest BCUT2D eigenvalue weighted by atomic mass is 9.91. The van der Waals surface area contributed by atoms with Gasteiger partial charge in [0.15, 0.2) is 0 Å². The minimum absolute atomic E-state index is 0.0961. The second-order valence-electron chi connectivity index (χ2n) is 5.47. The Kier molecular flexibility index (Phi) is 5.87. The molecule has 110 valence electrons. The number of carbonyl (C=O) groups excluding carboxylic acids is 1. The van der Waals surface area contributed by atoms with E-state index in [1.807, 2.05) is 30.3 Å². The Morgan fingerprint density at radius 2 is 1.75 bits per heavy atom. The Bertz CT molecular complexity index is 399. The highest BCUT2D eigenvalue weighted by Crippen LogP contribution is 2.18. The van der Waals surface area contributed by atoms with Crippen LogP contribution in [0.15, 0.2) is 30.3 Å². The van der Waals surface area contributed by atoms with E-state index in [1.165, 1.54) is 6.42 Å². The summed E-state index contributed by atoms with van der Waals surface area (Å²) in [4.78, 5) is 11.9. The fourth-order valence-electron chi connectivity index (χ4n) is 2.66. The minimum atomic E-state index is -0.0961. The molecule has 0 saturated heterocycles. The molecular weight excluding hydrogens is 250 g/mol. The summed E-state index contributed by atoms with van der Waals surface area (Å²) in [5, 5.41) is 9.49. The summed E-state index contributed by atoms with van der Waals surface area (Å²) in [6.45, 7) is 3.28. The van der Waals surface area contributed by atoms with Crippen molar-refractivity contribution in [2.45, 2.75) is 51.1 Å². The van der Waals surface area contributed by atoms with Crippen molar-refractivity contribution in [3.05, 3.63) is 30.3 Å². The molecule has 0 atom stereocenters. The molecule has 0 unspecified atom stereocenters. The second-order valence-corrected chi connectivity index (χ2v) is 5.47. The zero-order valence-electron chi connectivity index (χ0n) is 12.2. The van der Waals surface area contributed by atoms with Crippen LogP contribution < -0.4 is 16.0 Å². The van der Waals surface area contributed by atoms with E-state index in [-0.39, 0.29) is 6.03 Å². The van der Waals surface area contributed by atoms with Crippen molar-refractivity contribution in [1.82, 2.24) is 10.6 Å². The van der Waals surface area contributed by atoms with Crippen molar-refractivity contribution in [2.75, 3.05) is 11.9 Å². The van der Waals surface area contributed by atoms with E-state index in [9.17, 15) is 4.79 Å². The molecule has 0 spiro atoms. The van der Waals surface area contributed by atoms with Gasteiger partial charge >= 0.3 is 6.03 Å². The Hall–Kier alpha value is -1.55. The van der Waals surface area contributed by atoms with Gasteiger partial charge in [-0.15, -0.1) is 0 Å². The van der Waals surface area contributed by atoms with E-state index < -0.39 is 0 Å². The maximum absolute atomic E-state index is 11.9. The van der Waals surface area contributed by atoms with Crippen LogP contribution in [0.3, 0.4) is 0 Å². The summed E-state index contributed by atoms with van der Waals surface area (Å²) in [5.41, 5.74) is 0.836. The van der Waals surface area contributed by atoms with Crippen LogP contribution >= 0.6 is 0 Å². The zero-order chi connectivity index (χ0) is 14.2. The fourth-order valence-corrected chi connectivity index (χ4v) is 2.66. The van der Waals surface area contributed by atoms with Gasteiger partial charge in [-0.1, -0.05) is 25.1 Å².